The first-order valence-electron chi connectivity index (χ1n) is 6.27. The van der Waals surface area contributed by atoms with Gasteiger partial charge in [0.25, 0.3) is 0 Å². The SMILES string of the molecule is CCc1nnsc1C(O)Cc1c(Br)c(CC)nn1C. The minimum absolute atomic E-state index is 0.515. The predicted octanol–water partition coefficient (Wildman–Crippen LogP) is 2.44. The number of hydrogen-bond donors (Lipinski definition) is 1. The lowest BCUT2D eigenvalue weighted by molar-refractivity contribution is 0.178. The highest BCUT2D eigenvalue weighted by Gasteiger charge is 2.21. The molecule has 1 atom stereocenters. The molecule has 0 aliphatic rings. The Balaban J connectivity index is 2.24. The minimum atomic E-state index is -0.577. The summed E-state index contributed by atoms with van der Waals surface area (Å²) in [6.07, 6.45) is 1.59. The van der Waals surface area contributed by atoms with Gasteiger partial charge in [0.2, 0.25) is 0 Å². The molecule has 0 aliphatic carbocycles. The van der Waals surface area contributed by atoms with E-state index in [0.717, 1.165) is 39.3 Å². The minimum Gasteiger partial charge on any atom is -0.387 e. The van der Waals surface area contributed by atoms with Crippen molar-refractivity contribution in [1.29, 1.82) is 0 Å². The van der Waals surface area contributed by atoms with Gasteiger partial charge in [-0.05, 0) is 40.3 Å². The Bertz CT molecular complexity index is 566. The lowest BCUT2D eigenvalue weighted by atomic mass is 10.1. The normalized spacial score (nSPS) is 12.9. The van der Waals surface area contributed by atoms with Crippen molar-refractivity contribution in [3.63, 3.8) is 0 Å². The number of aliphatic hydroxyl groups is 1. The van der Waals surface area contributed by atoms with Crippen LogP contribution in [0.15, 0.2) is 4.47 Å². The van der Waals surface area contributed by atoms with E-state index in [1.54, 1.807) is 0 Å². The van der Waals surface area contributed by atoms with Crippen LogP contribution in [-0.2, 0) is 26.3 Å². The topological polar surface area (TPSA) is 63.8 Å². The zero-order chi connectivity index (χ0) is 14.0. The first kappa shape index (κ1) is 14.6. The molecule has 0 aromatic carbocycles. The maximum Gasteiger partial charge on any atom is 0.0972 e. The van der Waals surface area contributed by atoms with Crippen LogP contribution in [0, 0.1) is 0 Å². The number of halogens is 1. The van der Waals surface area contributed by atoms with Gasteiger partial charge in [-0.15, -0.1) is 5.10 Å². The molecule has 2 heterocycles. The van der Waals surface area contributed by atoms with E-state index in [1.165, 1.54) is 11.5 Å². The van der Waals surface area contributed by atoms with E-state index in [-0.39, 0.29) is 0 Å². The molecule has 2 aromatic heterocycles. The van der Waals surface area contributed by atoms with E-state index in [9.17, 15) is 5.11 Å². The zero-order valence-corrected chi connectivity index (χ0v) is 13.6. The summed E-state index contributed by atoms with van der Waals surface area (Å²) in [5.41, 5.74) is 2.90. The number of rotatable bonds is 5. The number of aromatic nitrogens is 4. The van der Waals surface area contributed by atoms with E-state index in [0.29, 0.717) is 6.42 Å². The van der Waals surface area contributed by atoms with Crippen LogP contribution < -0.4 is 0 Å². The summed E-state index contributed by atoms with van der Waals surface area (Å²) in [4.78, 5) is 0.855. The molecular formula is C12H17BrN4OS. The third-order valence-electron chi connectivity index (χ3n) is 3.11. The van der Waals surface area contributed by atoms with Crippen molar-refractivity contribution < 1.29 is 5.11 Å². The first-order chi connectivity index (χ1) is 9.08. The Morgan fingerprint density at radius 3 is 2.58 bits per heavy atom. The fourth-order valence-corrected chi connectivity index (χ4v) is 3.53. The molecule has 1 unspecified atom stereocenters. The zero-order valence-electron chi connectivity index (χ0n) is 11.2. The second-order valence-corrected chi connectivity index (χ2v) is 5.92. The summed E-state index contributed by atoms with van der Waals surface area (Å²) >= 11 is 4.84. The van der Waals surface area contributed by atoms with Gasteiger partial charge in [-0.1, -0.05) is 18.3 Å². The Morgan fingerprint density at radius 1 is 1.32 bits per heavy atom. The molecular weight excluding hydrogens is 328 g/mol. The molecule has 7 heteroatoms. The van der Waals surface area contributed by atoms with Crippen molar-refractivity contribution >= 4 is 27.5 Å². The van der Waals surface area contributed by atoms with E-state index in [4.69, 9.17) is 0 Å². The number of hydrogen-bond acceptors (Lipinski definition) is 5. The van der Waals surface area contributed by atoms with Crippen LogP contribution in [0.4, 0.5) is 0 Å². The van der Waals surface area contributed by atoms with E-state index in [1.807, 2.05) is 18.7 Å². The number of aryl methyl sites for hydroxylation is 3. The summed E-state index contributed by atoms with van der Waals surface area (Å²) in [6.45, 7) is 4.08. The van der Waals surface area contributed by atoms with Crippen LogP contribution in [0.2, 0.25) is 0 Å². The summed E-state index contributed by atoms with van der Waals surface area (Å²) in [5, 5.41) is 18.8. The highest BCUT2D eigenvalue weighted by atomic mass is 79.9. The second kappa shape index (κ2) is 6.11. The van der Waals surface area contributed by atoms with Gasteiger partial charge >= 0.3 is 0 Å². The third kappa shape index (κ3) is 2.88. The van der Waals surface area contributed by atoms with Crippen LogP contribution in [0.3, 0.4) is 0 Å². The fourth-order valence-electron chi connectivity index (χ4n) is 2.03. The summed E-state index contributed by atoms with van der Waals surface area (Å²) in [5.74, 6) is 0. The quantitative estimate of drug-likeness (QED) is 0.904. The third-order valence-corrected chi connectivity index (χ3v) is 4.90. The van der Waals surface area contributed by atoms with Crippen LogP contribution in [0.1, 0.15) is 41.9 Å². The van der Waals surface area contributed by atoms with Gasteiger partial charge < -0.3 is 5.11 Å². The van der Waals surface area contributed by atoms with Gasteiger partial charge in [0.1, 0.15) is 0 Å². The fraction of sp³-hybridized carbons (Fsp3) is 0.583. The maximum absolute atomic E-state index is 10.4. The summed E-state index contributed by atoms with van der Waals surface area (Å²) < 4.78 is 6.74. The van der Waals surface area contributed by atoms with Gasteiger partial charge in [-0.3, -0.25) is 4.68 Å². The van der Waals surface area contributed by atoms with Crippen molar-refractivity contribution in [3.8, 4) is 0 Å². The molecule has 0 bridgehead atoms. The monoisotopic (exact) mass is 344 g/mol. The van der Waals surface area contributed by atoms with E-state index < -0.39 is 6.10 Å². The van der Waals surface area contributed by atoms with Crippen LogP contribution >= 0.6 is 27.5 Å². The maximum atomic E-state index is 10.4. The predicted molar refractivity (Wildman–Crippen MR) is 78.2 cm³/mol. The molecule has 0 amide bonds. The standard InChI is InChI=1S/C12H17BrN4OS/c1-4-7-11(13)9(17(3)15-7)6-10(18)12-8(5-2)14-16-19-12/h10,18H,4-6H2,1-3H3. The largest absolute Gasteiger partial charge is 0.387 e. The van der Waals surface area contributed by atoms with Gasteiger partial charge in [0.15, 0.2) is 0 Å². The van der Waals surface area contributed by atoms with Crippen LogP contribution in [0.5, 0.6) is 0 Å². The Morgan fingerprint density at radius 2 is 2.00 bits per heavy atom. The van der Waals surface area contributed by atoms with Crippen molar-refractivity contribution in [2.45, 2.75) is 39.2 Å². The Labute approximate surface area is 125 Å². The molecule has 0 radical (unpaired) electrons. The molecule has 5 nitrogen and oxygen atoms in total. The Hall–Kier alpha value is -0.790. The molecule has 0 aliphatic heterocycles. The molecule has 2 aromatic rings. The number of aliphatic hydroxyl groups excluding tert-OH is 1. The molecule has 0 saturated carbocycles. The van der Waals surface area contributed by atoms with E-state index in [2.05, 4.69) is 37.5 Å². The molecule has 2 rings (SSSR count). The Kier molecular flexibility index (Phi) is 4.70. The van der Waals surface area contributed by atoms with Crippen molar-refractivity contribution in [3.05, 3.63) is 26.4 Å². The molecule has 1 N–H and O–H groups in total. The first-order valence-corrected chi connectivity index (χ1v) is 7.84. The van der Waals surface area contributed by atoms with Gasteiger partial charge in [-0.2, -0.15) is 5.10 Å². The summed E-state index contributed by atoms with van der Waals surface area (Å²) in [6, 6.07) is 0. The smallest absolute Gasteiger partial charge is 0.0972 e. The highest BCUT2D eigenvalue weighted by molar-refractivity contribution is 9.10. The van der Waals surface area contributed by atoms with Crippen LogP contribution in [-0.4, -0.2) is 24.5 Å². The highest BCUT2D eigenvalue weighted by Crippen LogP contribution is 2.29. The van der Waals surface area contributed by atoms with Crippen LogP contribution in [0.25, 0.3) is 0 Å². The van der Waals surface area contributed by atoms with E-state index >= 15 is 0 Å². The molecule has 0 saturated heterocycles. The summed E-state index contributed by atoms with van der Waals surface area (Å²) in [7, 11) is 1.90. The van der Waals surface area contributed by atoms with Gasteiger partial charge in [0.05, 0.1) is 32.5 Å². The van der Waals surface area contributed by atoms with Crippen molar-refractivity contribution in [2.75, 3.05) is 0 Å². The lowest BCUT2D eigenvalue weighted by Gasteiger charge is -2.10. The molecule has 0 spiro atoms. The number of nitrogens with zero attached hydrogens (tertiary/aromatic N) is 4. The van der Waals surface area contributed by atoms with Gasteiger partial charge in [0, 0.05) is 13.5 Å². The second-order valence-electron chi connectivity index (χ2n) is 4.34. The molecule has 0 fully saturated rings. The van der Waals surface area contributed by atoms with Crippen molar-refractivity contribution in [2.24, 2.45) is 7.05 Å². The lowest BCUT2D eigenvalue weighted by Crippen LogP contribution is -2.07. The van der Waals surface area contributed by atoms with Gasteiger partial charge in [-0.25, -0.2) is 0 Å². The molecule has 104 valence electrons. The molecule has 19 heavy (non-hydrogen) atoms. The average Bonchev–Trinajstić information content (AvgIpc) is 2.97. The average molecular weight is 345 g/mol. The van der Waals surface area contributed by atoms with Crippen molar-refractivity contribution in [1.82, 2.24) is 19.4 Å².